The van der Waals surface area contributed by atoms with Crippen LogP contribution in [-0.2, 0) is 14.8 Å². The van der Waals surface area contributed by atoms with Crippen molar-refractivity contribution < 1.29 is 13.2 Å². The molecule has 172 valence electrons. The maximum atomic E-state index is 12.8. The molecule has 0 radical (unpaired) electrons. The topological polar surface area (TPSA) is 79.4 Å². The van der Waals surface area contributed by atoms with Gasteiger partial charge in [0.2, 0.25) is 15.9 Å². The molecule has 0 spiro atoms. The average Bonchev–Trinajstić information content (AvgIpc) is 2.88. The van der Waals surface area contributed by atoms with Gasteiger partial charge in [0.05, 0.1) is 16.8 Å². The van der Waals surface area contributed by atoms with Gasteiger partial charge in [-0.15, -0.1) is 0 Å². The van der Waals surface area contributed by atoms with Crippen molar-refractivity contribution in [2.24, 2.45) is 0 Å². The van der Waals surface area contributed by atoms with E-state index in [1.54, 1.807) is 12.1 Å². The minimum Gasteiger partial charge on any atom is -0.344 e. The second-order valence-corrected chi connectivity index (χ2v) is 10.8. The average molecular weight is 482 g/mol. The molecular formula is C25H27N3O3S2. The number of carbonyl (C=O) groups excluding carboxylic acids is 1. The van der Waals surface area contributed by atoms with Crippen molar-refractivity contribution in [3.05, 3.63) is 90.1 Å². The molecule has 2 heterocycles. The van der Waals surface area contributed by atoms with Crippen LogP contribution in [0.2, 0.25) is 0 Å². The molecule has 1 saturated heterocycles. The Balaban J connectivity index is 1.39. The number of sulfonamides is 1. The molecule has 0 aliphatic carbocycles. The fourth-order valence-electron chi connectivity index (χ4n) is 3.85. The number of nitrogens with zero attached hydrogens (tertiary/aromatic N) is 2. The number of carbonyl (C=O) groups is 1. The molecule has 8 heteroatoms. The summed E-state index contributed by atoms with van der Waals surface area (Å²) in [5, 5.41) is 3.72. The second kappa shape index (κ2) is 11.0. The highest BCUT2D eigenvalue weighted by Crippen LogP contribution is 2.24. The highest BCUT2D eigenvalue weighted by atomic mass is 32.2. The van der Waals surface area contributed by atoms with Gasteiger partial charge in [-0.05, 0) is 36.1 Å². The first kappa shape index (κ1) is 23.5. The van der Waals surface area contributed by atoms with Crippen molar-refractivity contribution in [2.45, 2.75) is 35.2 Å². The summed E-state index contributed by atoms with van der Waals surface area (Å²) in [6, 6.07) is 22.7. The van der Waals surface area contributed by atoms with E-state index in [2.05, 4.69) is 10.3 Å². The van der Waals surface area contributed by atoms with E-state index in [0.717, 1.165) is 30.4 Å². The van der Waals surface area contributed by atoms with E-state index in [0.29, 0.717) is 18.1 Å². The summed E-state index contributed by atoms with van der Waals surface area (Å²) < 4.78 is 27.1. The fourth-order valence-corrected chi connectivity index (χ4v) is 5.97. The van der Waals surface area contributed by atoms with Crippen LogP contribution in [0.4, 0.5) is 0 Å². The summed E-state index contributed by atoms with van der Waals surface area (Å²) in [7, 11) is -3.50. The normalized spacial score (nSPS) is 14.8. The van der Waals surface area contributed by atoms with Crippen molar-refractivity contribution in [3.8, 4) is 0 Å². The van der Waals surface area contributed by atoms with E-state index < -0.39 is 10.0 Å². The molecule has 0 saturated carbocycles. The lowest BCUT2D eigenvalue weighted by Crippen LogP contribution is -2.35. The highest BCUT2D eigenvalue weighted by Gasteiger charge is 2.26. The van der Waals surface area contributed by atoms with Crippen molar-refractivity contribution in [3.63, 3.8) is 0 Å². The van der Waals surface area contributed by atoms with Gasteiger partial charge in [0.25, 0.3) is 0 Å². The van der Waals surface area contributed by atoms with Gasteiger partial charge < -0.3 is 5.32 Å². The number of hydrogen-bond acceptors (Lipinski definition) is 5. The van der Waals surface area contributed by atoms with Crippen LogP contribution in [-0.4, -0.2) is 42.5 Å². The quantitative estimate of drug-likeness (QED) is 0.487. The van der Waals surface area contributed by atoms with Crippen LogP contribution in [0, 0.1) is 0 Å². The van der Waals surface area contributed by atoms with Gasteiger partial charge in [-0.2, -0.15) is 4.31 Å². The third-order valence-electron chi connectivity index (χ3n) is 5.58. The lowest BCUT2D eigenvalue weighted by atomic mass is 9.99. The summed E-state index contributed by atoms with van der Waals surface area (Å²) in [5.41, 5.74) is 2.01. The summed E-state index contributed by atoms with van der Waals surface area (Å²) in [6.45, 7) is 1.12. The molecule has 1 N–H and O–H groups in total. The largest absolute Gasteiger partial charge is 0.344 e. The van der Waals surface area contributed by atoms with Gasteiger partial charge in [0.1, 0.15) is 4.90 Å². The maximum absolute atomic E-state index is 12.8. The third kappa shape index (κ3) is 6.01. The van der Waals surface area contributed by atoms with E-state index in [1.807, 2.05) is 60.7 Å². The van der Waals surface area contributed by atoms with Gasteiger partial charge in [-0.1, -0.05) is 78.8 Å². The van der Waals surface area contributed by atoms with Gasteiger partial charge in [0.15, 0.2) is 0 Å². The van der Waals surface area contributed by atoms with E-state index in [1.165, 1.54) is 22.3 Å². The number of rotatable bonds is 8. The minimum atomic E-state index is -3.50. The number of amides is 1. The first-order chi connectivity index (χ1) is 16.0. The summed E-state index contributed by atoms with van der Waals surface area (Å²) >= 11 is 1.28. The van der Waals surface area contributed by atoms with E-state index >= 15 is 0 Å². The lowest BCUT2D eigenvalue weighted by molar-refractivity contribution is -0.119. The molecule has 0 bridgehead atoms. The van der Waals surface area contributed by atoms with E-state index in [4.69, 9.17) is 0 Å². The van der Waals surface area contributed by atoms with E-state index in [-0.39, 0.29) is 22.6 Å². The molecule has 0 unspecified atom stereocenters. The zero-order valence-corrected chi connectivity index (χ0v) is 19.9. The van der Waals surface area contributed by atoms with Crippen LogP contribution < -0.4 is 5.32 Å². The summed E-state index contributed by atoms with van der Waals surface area (Å²) in [5.74, 6) is 0.0611. The number of piperidine rings is 1. The Kier molecular flexibility index (Phi) is 7.80. The van der Waals surface area contributed by atoms with Crippen molar-refractivity contribution in [1.82, 2.24) is 14.6 Å². The van der Waals surface area contributed by atoms with Crippen molar-refractivity contribution in [1.29, 1.82) is 0 Å². The van der Waals surface area contributed by atoms with Crippen LogP contribution in [0.1, 0.15) is 36.4 Å². The molecule has 1 aromatic heterocycles. The number of nitrogens with one attached hydrogen (secondary N) is 1. The van der Waals surface area contributed by atoms with Gasteiger partial charge >= 0.3 is 0 Å². The maximum Gasteiger partial charge on any atom is 0.244 e. The van der Waals surface area contributed by atoms with Gasteiger partial charge in [-0.25, -0.2) is 13.4 Å². The molecule has 33 heavy (non-hydrogen) atoms. The zero-order valence-electron chi connectivity index (χ0n) is 18.3. The molecule has 0 atom stereocenters. The molecule has 1 aliphatic rings. The first-order valence-corrected chi connectivity index (χ1v) is 13.4. The molecule has 4 rings (SSSR count). The minimum absolute atomic E-state index is 0.121. The van der Waals surface area contributed by atoms with Crippen molar-refractivity contribution in [2.75, 3.05) is 18.8 Å². The Labute approximate surface area is 199 Å². The van der Waals surface area contributed by atoms with Crippen LogP contribution in [0.15, 0.2) is 88.9 Å². The first-order valence-electron chi connectivity index (χ1n) is 11.0. The molecule has 2 aromatic carbocycles. The van der Waals surface area contributed by atoms with Crippen molar-refractivity contribution >= 4 is 27.7 Å². The van der Waals surface area contributed by atoms with Gasteiger partial charge in [0, 0.05) is 19.3 Å². The Morgan fingerprint density at radius 2 is 1.52 bits per heavy atom. The Morgan fingerprint density at radius 3 is 2.06 bits per heavy atom. The highest BCUT2D eigenvalue weighted by molar-refractivity contribution is 7.99. The number of hydrogen-bond donors (Lipinski definition) is 1. The number of thioether (sulfide) groups is 1. The number of benzene rings is 2. The predicted octanol–water partition coefficient (Wildman–Crippen LogP) is 4.25. The summed E-state index contributed by atoms with van der Waals surface area (Å²) in [4.78, 5) is 17.2. The smallest absolute Gasteiger partial charge is 0.244 e. The van der Waals surface area contributed by atoms with Crippen LogP contribution in [0.5, 0.6) is 0 Å². The van der Waals surface area contributed by atoms with E-state index in [9.17, 15) is 13.2 Å². The third-order valence-corrected chi connectivity index (χ3v) is 8.41. The molecule has 3 aromatic rings. The predicted molar refractivity (Wildman–Crippen MR) is 130 cm³/mol. The van der Waals surface area contributed by atoms with Crippen LogP contribution in [0.3, 0.4) is 0 Å². The van der Waals surface area contributed by atoms with Crippen LogP contribution >= 0.6 is 11.8 Å². The standard InChI is InChI=1S/C25H27N3O3S2/c29-23(27-25(20-10-4-1-5-11-20)21-12-6-2-7-13-21)19-32-24-15-14-22(18-26-24)33(30,31)28-16-8-3-9-17-28/h1-2,4-7,10-15,18,25H,3,8-9,16-17,19H2,(H,27,29). The number of pyridine rings is 1. The molecule has 1 aliphatic heterocycles. The SMILES string of the molecule is O=C(CSc1ccc(S(=O)(=O)N2CCCCC2)cn1)NC(c1ccccc1)c1ccccc1. The Bertz CT molecular complexity index is 1110. The van der Waals surface area contributed by atoms with Gasteiger partial charge in [-0.3, -0.25) is 4.79 Å². The molecule has 6 nitrogen and oxygen atoms in total. The Hall–Kier alpha value is -2.68. The Morgan fingerprint density at radius 1 is 0.909 bits per heavy atom. The second-order valence-electron chi connectivity index (χ2n) is 7.91. The molecule has 1 fully saturated rings. The van der Waals surface area contributed by atoms with Crippen LogP contribution in [0.25, 0.3) is 0 Å². The summed E-state index contributed by atoms with van der Waals surface area (Å²) in [6.07, 6.45) is 4.24. The monoisotopic (exact) mass is 481 g/mol. The number of aromatic nitrogens is 1. The zero-order chi connectivity index (χ0) is 23.1. The molecule has 1 amide bonds. The molecular weight excluding hydrogens is 454 g/mol. The fraction of sp³-hybridized carbons (Fsp3) is 0.280. The lowest BCUT2D eigenvalue weighted by Gasteiger charge is -2.25.